The van der Waals surface area contributed by atoms with Crippen LogP contribution in [0.2, 0.25) is 0 Å². The third-order valence-corrected chi connectivity index (χ3v) is 2.66. The summed E-state index contributed by atoms with van der Waals surface area (Å²) in [6.07, 6.45) is 0. The van der Waals surface area contributed by atoms with E-state index in [-0.39, 0.29) is 5.82 Å². The Kier molecular flexibility index (Phi) is 3.00. The molecule has 88 valence electrons. The molecular weight excluding hydrogens is 217 g/mol. The van der Waals surface area contributed by atoms with Crippen LogP contribution in [-0.4, -0.2) is 0 Å². The molecule has 0 spiro atoms. The molecule has 17 heavy (non-hydrogen) atoms. The molecule has 0 bridgehead atoms. The van der Waals surface area contributed by atoms with E-state index in [1.54, 1.807) is 25.1 Å². The van der Waals surface area contributed by atoms with Crippen LogP contribution in [0.4, 0.5) is 10.1 Å². The van der Waals surface area contributed by atoms with Gasteiger partial charge in [-0.05, 0) is 37.1 Å². The maximum absolute atomic E-state index is 13.4. The minimum atomic E-state index is -0.284. The third-order valence-electron chi connectivity index (χ3n) is 2.66. The SMILES string of the molecule is Cc1ccc(Oc2cccc(C)c2N)cc1F. The van der Waals surface area contributed by atoms with Gasteiger partial charge in [0, 0.05) is 6.07 Å². The average Bonchev–Trinajstić information content (AvgIpc) is 2.30. The van der Waals surface area contributed by atoms with Crippen LogP contribution in [0, 0.1) is 19.7 Å². The Bertz CT molecular complexity index is 552. The summed E-state index contributed by atoms with van der Waals surface area (Å²) in [4.78, 5) is 0. The summed E-state index contributed by atoms with van der Waals surface area (Å²) in [5.41, 5.74) is 7.99. The Morgan fingerprint density at radius 3 is 2.53 bits per heavy atom. The maximum Gasteiger partial charge on any atom is 0.150 e. The van der Waals surface area contributed by atoms with Crippen molar-refractivity contribution in [3.63, 3.8) is 0 Å². The van der Waals surface area contributed by atoms with Gasteiger partial charge in [-0.3, -0.25) is 0 Å². The van der Waals surface area contributed by atoms with E-state index in [1.807, 2.05) is 19.1 Å². The summed E-state index contributed by atoms with van der Waals surface area (Å²) >= 11 is 0. The first-order valence-corrected chi connectivity index (χ1v) is 5.37. The van der Waals surface area contributed by atoms with Crippen LogP contribution in [0.5, 0.6) is 11.5 Å². The molecule has 0 unspecified atom stereocenters. The molecule has 0 fully saturated rings. The largest absolute Gasteiger partial charge is 0.455 e. The van der Waals surface area contributed by atoms with Crippen molar-refractivity contribution in [2.75, 3.05) is 5.73 Å². The van der Waals surface area contributed by atoms with Gasteiger partial charge in [-0.25, -0.2) is 4.39 Å². The van der Waals surface area contributed by atoms with E-state index >= 15 is 0 Å². The second kappa shape index (κ2) is 4.45. The number of nitrogens with two attached hydrogens (primary N) is 1. The molecule has 0 radical (unpaired) electrons. The summed E-state index contributed by atoms with van der Waals surface area (Å²) < 4.78 is 18.9. The fourth-order valence-electron chi connectivity index (χ4n) is 1.51. The fourth-order valence-corrected chi connectivity index (χ4v) is 1.51. The molecule has 2 rings (SSSR count). The van der Waals surface area contributed by atoms with Crippen LogP contribution >= 0.6 is 0 Å². The molecule has 0 aliphatic heterocycles. The van der Waals surface area contributed by atoms with Crippen LogP contribution in [0.15, 0.2) is 36.4 Å². The van der Waals surface area contributed by atoms with Crippen molar-refractivity contribution in [2.24, 2.45) is 0 Å². The molecule has 0 heterocycles. The summed E-state index contributed by atoms with van der Waals surface area (Å²) in [6, 6.07) is 10.3. The Labute approximate surface area is 99.8 Å². The Hall–Kier alpha value is -2.03. The number of hydrogen-bond acceptors (Lipinski definition) is 2. The quantitative estimate of drug-likeness (QED) is 0.797. The molecule has 3 heteroatoms. The monoisotopic (exact) mass is 231 g/mol. The molecule has 0 saturated heterocycles. The number of ether oxygens (including phenoxy) is 1. The molecule has 2 nitrogen and oxygen atoms in total. The molecular formula is C14H14FNO. The zero-order chi connectivity index (χ0) is 12.4. The molecule has 0 atom stereocenters. The number of nitrogen functional groups attached to an aromatic ring is 1. The van der Waals surface area contributed by atoms with Crippen molar-refractivity contribution >= 4 is 5.69 Å². The standard InChI is InChI=1S/C14H14FNO/c1-9-6-7-11(8-12(9)15)17-13-5-3-4-10(2)14(13)16/h3-8H,16H2,1-2H3. The minimum absolute atomic E-state index is 0.284. The molecule has 2 aromatic carbocycles. The van der Waals surface area contributed by atoms with Crippen LogP contribution in [0.3, 0.4) is 0 Å². The van der Waals surface area contributed by atoms with E-state index in [1.165, 1.54) is 6.07 Å². The van der Waals surface area contributed by atoms with E-state index in [2.05, 4.69) is 0 Å². The Balaban J connectivity index is 2.31. The second-order valence-electron chi connectivity index (χ2n) is 4.00. The Morgan fingerprint density at radius 2 is 1.82 bits per heavy atom. The summed E-state index contributed by atoms with van der Waals surface area (Å²) in [7, 11) is 0. The first-order valence-electron chi connectivity index (χ1n) is 5.37. The van der Waals surface area contributed by atoms with Gasteiger partial charge in [0.1, 0.15) is 11.6 Å². The van der Waals surface area contributed by atoms with Gasteiger partial charge in [-0.2, -0.15) is 0 Å². The van der Waals surface area contributed by atoms with E-state index in [0.717, 1.165) is 5.56 Å². The highest BCUT2D eigenvalue weighted by atomic mass is 19.1. The lowest BCUT2D eigenvalue weighted by Gasteiger charge is -2.10. The van der Waals surface area contributed by atoms with E-state index in [9.17, 15) is 4.39 Å². The van der Waals surface area contributed by atoms with Gasteiger partial charge in [0.15, 0.2) is 5.75 Å². The fraction of sp³-hybridized carbons (Fsp3) is 0.143. The number of para-hydroxylation sites is 1. The maximum atomic E-state index is 13.4. The lowest BCUT2D eigenvalue weighted by Crippen LogP contribution is -1.95. The van der Waals surface area contributed by atoms with Crippen LogP contribution in [-0.2, 0) is 0 Å². The van der Waals surface area contributed by atoms with Crippen LogP contribution < -0.4 is 10.5 Å². The second-order valence-corrected chi connectivity index (χ2v) is 4.00. The minimum Gasteiger partial charge on any atom is -0.455 e. The highest BCUT2D eigenvalue weighted by molar-refractivity contribution is 5.59. The lowest BCUT2D eigenvalue weighted by molar-refractivity contribution is 0.478. The molecule has 2 N–H and O–H groups in total. The summed E-state index contributed by atoms with van der Waals surface area (Å²) in [5, 5.41) is 0. The molecule has 2 aromatic rings. The number of aryl methyl sites for hydroxylation is 2. The van der Waals surface area contributed by atoms with Crippen molar-refractivity contribution in [3.8, 4) is 11.5 Å². The number of anilines is 1. The van der Waals surface area contributed by atoms with Gasteiger partial charge in [-0.1, -0.05) is 18.2 Å². The highest BCUT2D eigenvalue weighted by Crippen LogP contribution is 2.30. The smallest absolute Gasteiger partial charge is 0.150 e. The van der Waals surface area contributed by atoms with Crippen molar-refractivity contribution in [2.45, 2.75) is 13.8 Å². The van der Waals surface area contributed by atoms with Gasteiger partial charge >= 0.3 is 0 Å². The van der Waals surface area contributed by atoms with Crippen LogP contribution in [0.1, 0.15) is 11.1 Å². The number of halogens is 1. The molecule has 0 aromatic heterocycles. The topological polar surface area (TPSA) is 35.2 Å². The van der Waals surface area contributed by atoms with Crippen molar-refractivity contribution < 1.29 is 9.13 Å². The number of rotatable bonds is 2. The van der Waals surface area contributed by atoms with E-state index < -0.39 is 0 Å². The van der Waals surface area contributed by atoms with Gasteiger partial charge < -0.3 is 10.5 Å². The predicted octanol–water partition coefficient (Wildman–Crippen LogP) is 3.82. The van der Waals surface area contributed by atoms with Crippen molar-refractivity contribution in [3.05, 3.63) is 53.3 Å². The normalized spacial score (nSPS) is 10.3. The van der Waals surface area contributed by atoms with Gasteiger partial charge in [-0.15, -0.1) is 0 Å². The molecule has 0 saturated carbocycles. The van der Waals surface area contributed by atoms with Gasteiger partial charge in [0.05, 0.1) is 5.69 Å². The molecule has 0 aliphatic rings. The molecule has 0 aliphatic carbocycles. The predicted molar refractivity (Wildman–Crippen MR) is 66.8 cm³/mol. The first-order chi connectivity index (χ1) is 8.08. The van der Waals surface area contributed by atoms with Gasteiger partial charge in [0.25, 0.3) is 0 Å². The lowest BCUT2D eigenvalue weighted by atomic mass is 10.2. The van der Waals surface area contributed by atoms with Crippen molar-refractivity contribution in [1.82, 2.24) is 0 Å². The van der Waals surface area contributed by atoms with E-state index in [0.29, 0.717) is 22.7 Å². The number of benzene rings is 2. The average molecular weight is 231 g/mol. The first kappa shape index (κ1) is 11.5. The van der Waals surface area contributed by atoms with Gasteiger partial charge in [0.2, 0.25) is 0 Å². The summed E-state index contributed by atoms with van der Waals surface area (Å²) in [6.45, 7) is 3.61. The van der Waals surface area contributed by atoms with Crippen molar-refractivity contribution in [1.29, 1.82) is 0 Å². The number of hydrogen-bond donors (Lipinski definition) is 1. The highest BCUT2D eigenvalue weighted by Gasteiger charge is 2.05. The zero-order valence-corrected chi connectivity index (χ0v) is 9.83. The summed E-state index contributed by atoms with van der Waals surface area (Å²) in [5.74, 6) is 0.715. The molecule has 0 amide bonds. The third kappa shape index (κ3) is 2.38. The van der Waals surface area contributed by atoms with Crippen LogP contribution in [0.25, 0.3) is 0 Å². The zero-order valence-electron chi connectivity index (χ0n) is 9.83. The Morgan fingerprint density at radius 1 is 1.06 bits per heavy atom. The van der Waals surface area contributed by atoms with E-state index in [4.69, 9.17) is 10.5 Å².